The van der Waals surface area contributed by atoms with Crippen molar-refractivity contribution in [2.75, 3.05) is 0 Å². The van der Waals surface area contributed by atoms with Crippen LogP contribution in [0.4, 0.5) is 4.39 Å². The van der Waals surface area contributed by atoms with Crippen LogP contribution in [0, 0.1) is 12.7 Å². The van der Waals surface area contributed by atoms with Gasteiger partial charge < -0.3 is 4.42 Å². The van der Waals surface area contributed by atoms with Gasteiger partial charge in [-0.25, -0.2) is 9.37 Å². The molecule has 4 aromatic rings. The number of furan rings is 1. The second-order valence-electron chi connectivity index (χ2n) is 5.86. The number of nitrogens with zero attached hydrogens (tertiary/aromatic N) is 3. The van der Waals surface area contributed by atoms with Gasteiger partial charge in [-0.1, -0.05) is 23.7 Å². The molecule has 0 aliphatic heterocycles. The number of hydrogen-bond acceptors (Lipinski definition) is 4. The molecular weight excluding hydrogens is 369 g/mol. The SMILES string of the molecule is Cc1nc2cc(Cl)ccc2c(=O)n1/N=C\c1ccc(-c2ccccc2F)o1. The van der Waals surface area contributed by atoms with Crippen LogP contribution in [0.25, 0.3) is 22.2 Å². The topological polar surface area (TPSA) is 60.4 Å². The van der Waals surface area contributed by atoms with Gasteiger partial charge in [-0.15, -0.1) is 0 Å². The molecule has 0 radical (unpaired) electrons. The minimum Gasteiger partial charge on any atom is -0.455 e. The molecule has 0 unspecified atom stereocenters. The number of benzene rings is 2. The van der Waals surface area contributed by atoms with Gasteiger partial charge in [0.05, 0.1) is 22.7 Å². The van der Waals surface area contributed by atoms with E-state index in [1.165, 1.54) is 17.0 Å². The highest BCUT2D eigenvalue weighted by molar-refractivity contribution is 6.31. The average Bonchev–Trinajstić information content (AvgIpc) is 3.10. The molecule has 2 heterocycles. The molecule has 2 aromatic carbocycles. The highest BCUT2D eigenvalue weighted by atomic mass is 35.5. The number of aryl methyl sites for hydroxylation is 1. The van der Waals surface area contributed by atoms with Crippen molar-refractivity contribution < 1.29 is 8.81 Å². The Kier molecular flexibility index (Phi) is 4.33. The normalized spacial score (nSPS) is 11.5. The molecule has 0 N–H and O–H groups in total. The summed E-state index contributed by atoms with van der Waals surface area (Å²) in [5.74, 6) is 0.798. The highest BCUT2D eigenvalue weighted by Gasteiger charge is 2.10. The Balaban J connectivity index is 1.71. The van der Waals surface area contributed by atoms with Gasteiger partial charge in [0, 0.05) is 5.02 Å². The zero-order valence-electron chi connectivity index (χ0n) is 14.2. The van der Waals surface area contributed by atoms with Crippen LogP contribution in [-0.2, 0) is 0 Å². The molecule has 0 fully saturated rings. The fraction of sp³-hybridized carbons (Fsp3) is 0.0500. The molecule has 7 heteroatoms. The van der Waals surface area contributed by atoms with Gasteiger partial charge in [0.1, 0.15) is 23.2 Å². The lowest BCUT2D eigenvalue weighted by atomic mass is 10.1. The Morgan fingerprint density at radius 2 is 2.00 bits per heavy atom. The lowest BCUT2D eigenvalue weighted by Crippen LogP contribution is -2.20. The number of fused-ring (bicyclic) bond motifs is 1. The molecule has 0 amide bonds. The van der Waals surface area contributed by atoms with Gasteiger partial charge in [-0.3, -0.25) is 4.79 Å². The molecule has 0 spiro atoms. The van der Waals surface area contributed by atoms with Crippen molar-refractivity contribution in [3.8, 4) is 11.3 Å². The fourth-order valence-electron chi connectivity index (χ4n) is 2.74. The molecular formula is C20H13ClFN3O2. The highest BCUT2D eigenvalue weighted by Crippen LogP contribution is 2.24. The summed E-state index contributed by atoms with van der Waals surface area (Å²) in [6.45, 7) is 1.67. The van der Waals surface area contributed by atoms with E-state index in [1.807, 2.05) is 0 Å². The molecule has 2 aromatic heterocycles. The molecule has 0 saturated heterocycles. The maximum atomic E-state index is 13.9. The summed E-state index contributed by atoms with van der Waals surface area (Å²) in [7, 11) is 0. The Hall–Kier alpha value is -3.25. The van der Waals surface area contributed by atoms with Crippen LogP contribution in [0.15, 0.2) is 68.9 Å². The largest absolute Gasteiger partial charge is 0.455 e. The van der Waals surface area contributed by atoms with Crippen molar-refractivity contribution in [1.82, 2.24) is 9.66 Å². The number of rotatable bonds is 3. The minimum atomic E-state index is -0.375. The van der Waals surface area contributed by atoms with Crippen molar-refractivity contribution >= 4 is 28.7 Å². The molecule has 0 aliphatic carbocycles. The predicted molar refractivity (Wildman–Crippen MR) is 103 cm³/mol. The van der Waals surface area contributed by atoms with Crippen LogP contribution in [0.3, 0.4) is 0 Å². The van der Waals surface area contributed by atoms with E-state index >= 15 is 0 Å². The number of hydrogen-bond donors (Lipinski definition) is 0. The van der Waals surface area contributed by atoms with Gasteiger partial charge >= 0.3 is 0 Å². The van der Waals surface area contributed by atoms with E-state index in [0.717, 1.165) is 0 Å². The van der Waals surface area contributed by atoms with E-state index in [4.69, 9.17) is 16.0 Å². The van der Waals surface area contributed by atoms with Gasteiger partial charge in [0.15, 0.2) is 0 Å². The second kappa shape index (κ2) is 6.81. The van der Waals surface area contributed by atoms with Crippen LogP contribution in [0.5, 0.6) is 0 Å². The molecule has 0 aliphatic rings. The van der Waals surface area contributed by atoms with Crippen LogP contribution in [-0.4, -0.2) is 15.9 Å². The van der Waals surface area contributed by atoms with Crippen molar-refractivity contribution in [1.29, 1.82) is 0 Å². The van der Waals surface area contributed by atoms with Gasteiger partial charge in [-0.05, 0) is 49.4 Å². The van der Waals surface area contributed by atoms with Gasteiger partial charge in [-0.2, -0.15) is 9.78 Å². The first-order chi connectivity index (χ1) is 13.0. The van der Waals surface area contributed by atoms with E-state index in [-0.39, 0.29) is 11.4 Å². The van der Waals surface area contributed by atoms with Crippen molar-refractivity contribution in [2.45, 2.75) is 6.92 Å². The minimum absolute atomic E-state index is 0.314. The van der Waals surface area contributed by atoms with Gasteiger partial charge in [0.25, 0.3) is 5.56 Å². The quantitative estimate of drug-likeness (QED) is 0.486. The summed E-state index contributed by atoms with van der Waals surface area (Å²) >= 11 is 5.95. The zero-order chi connectivity index (χ0) is 19.0. The Bertz CT molecular complexity index is 1240. The maximum Gasteiger partial charge on any atom is 0.282 e. The Labute approximate surface area is 158 Å². The first kappa shape index (κ1) is 17.2. The smallest absolute Gasteiger partial charge is 0.282 e. The van der Waals surface area contributed by atoms with Crippen LogP contribution >= 0.6 is 11.6 Å². The molecule has 4 rings (SSSR count). The van der Waals surface area contributed by atoms with Crippen molar-refractivity contribution in [3.05, 3.63) is 87.4 Å². The predicted octanol–water partition coefficient (Wildman–Crippen LogP) is 4.64. The van der Waals surface area contributed by atoms with Crippen molar-refractivity contribution in [2.24, 2.45) is 5.10 Å². The van der Waals surface area contributed by atoms with E-state index < -0.39 is 0 Å². The van der Waals surface area contributed by atoms with E-state index in [0.29, 0.717) is 38.8 Å². The monoisotopic (exact) mass is 381 g/mol. The zero-order valence-corrected chi connectivity index (χ0v) is 14.9. The van der Waals surface area contributed by atoms with Crippen molar-refractivity contribution in [3.63, 3.8) is 0 Å². The lowest BCUT2D eigenvalue weighted by molar-refractivity contribution is 0.562. The lowest BCUT2D eigenvalue weighted by Gasteiger charge is -2.05. The van der Waals surface area contributed by atoms with Gasteiger partial charge in [0.2, 0.25) is 0 Å². The summed E-state index contributed by atoms with van der Waals surface area (Å²) in [5, 5.41) is 5.09. The third kappa shape index (κ3) is 3.27. The third-order valence-corrected chi connectivity index (χ3v) is 4.27. The maximum absolute atomic E-state index is 13.9. The summed E-state index contributed by atoms with van der Waals surface area (Å²) < 4.78 is 20.7. The standard InChI is InChI=1S/C20H13ClFN3O2/c1-12-24-18-10-13(21)6-8-16(18)20(26)25(12)23-11-14-7-9-19(27-14)15-4-2-3-5-17(15)22/h2-11H,1H3/b23-11-. The summed E-state index contributed by atoms with van der Waals surface area (Å²) in [6, 6.07) is 14.5. The molecule has 0 saturated carbocycles. The molecule has 27 heavy (non-hydrogen) atoms. The average molecular weight is 382 g/mol. The van der Waals surface area contributed by atoms with Crippen LogP contribution < -0.4 is 5.56 Å². The second-order valence-corrected chi connectivity index (χ2v) is 6.30. The van der Waals surface area contributed by atoms with Crippen LogP contribution in [0.2, 0.25) is 5.02 Å². The third-order valence-electron chi connectivity index (χ3n) is 4.04. The summed E-state index contributed by atoms with van der Waals surface area (Å²) in [4.78, 5) is 17.0. The Morgan fingerprint density at radius 1 is 1.19 bits per heavy atom. The number of halogens is 2. The molecule has 5 nitrogen and oxygen atoms in total. The van der Waals surface area contributed by atoms with E-state index in [1.54, 1.807) is 55.5 Å². The van der Waals surface area contributed by atoms with Crippen LogP contribution in [0.1, 0.15) is 11.6 Å². The molecule has 134 valence electrons. The van der Waals surface area contributed by atoms with E-state index in [9.17, 15) is 9.18 Å². The van der Waals surface area contributed by atoms with E-state index in [2.05, 4.69) is 10.1 Å². The summed E-state index contributed by atoms with van der Waals surface area (Å²) in [6.07, 6.45) is 1.39. The summed E-state index contributed by atoms with van der Waals surface area (Å²) in [5.41, 5.74) is 0.553. The molecule has 0 atom stereocenters. The fourth-order valence-corrected chi connectivity index (χ4v) is 2.91. The number of aromatic nitrogens is 2. The first-order valence-corrected chi connectivity index (χ1v) is 8.49. The Morgan fingerprint density at radius 3 is 2.81 bits per heavy atom. The first-order valence-electron chi connectivity index (χ1n) is 8.11. The molecule has 0 bridgehead atoms.